The number of halogens is 2. The summed E-state index contributed by atoms with van der Waals surface area (Å²) in [6, 6.07) is 10.3. The summed E-state index contributed by atoms with van der Waals surface area (Å²) >= 11 is 0. The highest BCUT2D eigenvalue weighted by Gasteiger charge is 2.80. The Kier molecular flexibility index (Phi) is 9.12. The molecule has 59 heavy (non-hydrogen) atoms. The predicted octanol–water partition coefficient (Wildman–Crippen LogP) is 5.08. The van der Waals surface area contributed by atoms with E-state index in [0.717, 1.165) is 29.0 Å². The molecule has 3 fully saturated rings. The molecule has 2 bridgehead atoms. The number of aromatic nitrogens is 1. The van der Waals surface area contributed by atoms with Gasteiger partial charge in [0.25, 0.3) is 0 Å². The Morgan fingerprint density at radius 3 is 2.46 bits per heavy atom. The fraction of sp³-hybridized carbons (Fsp3) is 0.578. The third-order valence-electron chi connectivity index (χ3n) is 15.3. The van der Waals surface area contributed by atoms with Gasteiger partial charge < -0.3 is 33.9 Å². The van der Waals surface area contributed by atoms with Crippen LogP contribution in [0.15, 0.2) is 48.6 Å². The third kappa shape index (κ3) is 5.17. The minimum Gasteiger partial charge on any atom is -0.496 e. The van der Waals surface area contributed by atoms with Crippen molar-refractivity contribution < 1.29 is 47.2 Å². The number of piperidine rings is 1. The van der Waals surface area contributed by atoms with Gasteiger partial charge in [-0.05, 0) is 68.3 Å². The number of aliphatic hydroxyl groups is 1. The molecule has 6 heterocycles. The number of likely N-dealkylation sites (N-methyl/N-ethyl adjacent to an activating group) is 1. The average Bonchev–Trinajstić information content (AvgIpc) is 3.86. The van der Waals surface area contributed by atoms with Crippen molar-refractivity contribution in [3.8, 4) is 5.75 Å². The van der Waals surface area contributed by atoms with Crippen molar-refractivity contribution in [2.24, 2.45) is 17.3 Å². The summed E-state index contributed by atoms with van der Waals surface area (Å²) in [6.07, 6.45) is 4.04. The van der Waals surface area contributed by atoms with Crippen LogP contribution in [0.4, 0.5) is 14.5 Å². The van der Waals surface area contributed by atoms with Crippen molar-refractivity contribution >= 4 is 34.5 Å². The molecule has 316 valence electrons. The fourth-order valence-electron chi connectivity index (χ4n) is 13.2. The molecule has 6 aliphatic rings. The van der Waals surface area contributed by atoms with Gasteiger partial charge in [-0.15, -0.1) is 0 Å². The number of anilines is 1. The summed E-state index contributed by atoms with van der Waals surface area (Å²) in [7, 11) is 5.94. The second kappa shape index (κ2) is 13.5. The molecule has 2 N–H and O–H groups in total. The molecular weight excluding hydrogens is 763 g/mol. The summed E-state index contributed by atoms with van der Waals surface area (Å²) in [5.41, 5.74) is -1.64. The fourth-order valence-corrected chi connectivity index (χ4v) is 13.2. The Morgan fingerprint density at radius 2 is 1.78 bits per heavy atom. The van der Waals surface area contributed by atoms with Crippen LogP contribution in [0.1, 0.15) is 68.8 Å². The molecule has 10 atom stereocenters. The molecule has 12 nitrogen and oxygen atoms in total. The molecule has 2 saturated heterocycles. The number of aromatic amines is 1. The van der Waals surface area contributed by atoms with Gasteiger partial charge in [-0.1, -0.05) is 37.3 Å². The molecule has 14 heteroatoms. The highest BCUT2D eigenvalue weighted by Crippen LogP contribution is 2.68. The van der Waals surface area contributed by atoms with Gasteiger partial charge in [0.2, 0.25) is 11.5 Å². The van der Waals surface area contributed by atoms with Crippen LogP contribution in [0.25, 0.3) is 10.9 Å². The van der Waals surface area contributed by atoms with E-state index in [4.69, 9.17) is 18.9 Å². The lowest BCUT2D eigenvalue weighted by Crippen LogP contribution is -2.81. The number of benzene rings is 2. The Morgan fingerprint density at radius 1 is 1.03 bits per heavy atom. The van der Waals surface area contributed by atoms with Crippen LogP contribution in [0.2, 0.25) is 0 Å². The highest BCUT2D eigenvalue weighted by atomic mass is 19.3. The van der Waals surface area contributed by atoms with E-state index in [1.54, 1.807) is 0 Å². The quantitative estimate of drug-likeness (QED) is 0.188. The SMILES string of the molecule is CC[C@]12C=CCN3CC[C@@]4(c5cc([C@@]6(C(=O)OC)C[C@@H]7CC(C(C)(F)F)C[N@](Cc8c6[nH]c6ccccc86)C7)c(OC)cc5N(C)[C@H]4[C@@](O)(C(=O)OC)[C@@H]1OC(C)=O)[C@@H]32. The maximum Gasteiger partial charge on any atom is 0.344 e. The van der Waals surface area contributed by atoms with Crippen LogP contribution in [0, 0.1) is 17.3 Å². The zero-order valence-electron chi connectivity index (χ0n) is 34.8. The first-order valence-electron chi connectivity index (χ1n) is 20.7. The number of fused-ring (bicyclic) bond motifs is 6. The lowest BCUT2D eigenvalue weighted by atomic mass is 9.47. The van der Waals surface area contributed by atoms with E-state index in [1.807, 2.05) is 67.4 Å². The normalized spacial score (nSPS) is 35.8. The summed E-state index contributed by atoms with van der Waals surface area (Å²) in [5.74, 6) is -5.92. The first-order chi connectivity index (χ1) is 28.1. The molecule has 9 rings (SSSR count). The Hall–Kier alpha value is -4.53. The smallest absolute Gasteiger partial charge is 0.344 e. The third-order valence-corrected chi connectivity index (χ3v) is 15.3. The second-order valence-corrected chi connectivity index (χ2v) is 18.0. The van der Waals surface area contributed by atoms with Gasteiger partial charge in [0.05, 0.1) is 27.4 Å². The van der Waals surface area contributed by atoms with Gasteiger partial charge >= 0.3 is 17.9 Å². The Labute approximate surface area is 342 Å². The lowest BCUT2D eigenvalue weighted by molar-refractivity contribution is -0.228. The maximum atomic E-state index is 15.3. The number of hydrogen-bond acceptors (Lipinski definition) is 11. The average molecular weight is 817 g/mol. The molecule has 3 aromatic rings. The number of esters is 3. The number of para-hydroxylation sites is 1. The molecule has 1 unspecified atom stereocenters. The van der Waals surface area contributed by atoms with Gasteiger partial charge in [-0.2, -0.15) is 0 Å². The molecule has 0 radical (unpaired) electrons. The zero-order valence-corrected chi connectivity index (χ0v) is 34.8. The molecule has 2 aromatic carbocycles. The number of H-pyrrole nitrogens is 1. The Bertz CT molecular complexity index is 2270. The molecule has 1 spiro atoms. The molecular formula is C45H54F2N4O8. The molecule has 5 aliphatic heterocycles. The molecule has 0 amide bonds. The van der Waals surface area contributed by atoms with Crippen molar-refractivity contribution in [1.29, 1.82) is 0 Å². The zero-order chi connectivity index (χ0) is 42.0. The number of nitrogens with one attached hydrogen (secondary N) is 1. The van der Waals surface area contributed by atoms with Crippen molar-refractivity contribution in [2.45, 2.75) is 93.5 Å². The van der Waals surface area contributed by atoms with Crippen LogP contribution < -0.4 is 9.64 Å². The summed E-state index contributed by atoms with van der Waals surface area (Å²) in [6.45, 7) is 6.55. The number of alkyl halides is 2. The highest BCUT2D eigenvalue weighted by molar-refractivity contribution is 5.95. The van der Waals surface area contributed by atoms with Gasteiger partial charge in [0.15, 0.2) is 6.10 Å². The minimum atomic E-state index is -2.94. The van der Waals surface area contributed by atoms with Gasteiger partial charge in [-0.3, -0.25) is 19.4 Å². The first kappa shape index (κ1) is 39.9. The van der Waals surface area contributed by atoms with Crippen LogP contribution in [0.5, 0.6) is 5.75 Å². The number of carbonyl (C=O) groups excluding carboxylic acids is 3. The van der Waals surface area contributed by atoms with Crippen molar-refractivity contribution in [3.05, 3.63) is 70.9 Å². The van der Waals surface area contributed by atoms with Crippen molar-refractivity contribution in [1.82, 2.24) is 14.8 Å². The lowest BCUT2D eigenvalue weighted by Gasteiger charge is -2.63. The van der Waals surface area contributed by atoms with E-state index in [1.165, 1.54) is 28.3 Å². The first-order valence-corrected chi connectivity index (χ1v) is 20.7. The topological polar surface area (TPSA) is 134 Å². The van der Waals surface area contributed by atoms with E-state index < -0.39 is 63.7 Å². The van der Waals surface area contributed by atoms with Crippen molar-refractivity contribution in [2.75, 3.05) is 59.5 Å². The van der Waals surface area contributed by atoms with E-state index in [9.17, 15) is 14.7 Å². The van der Waals surface area contributed by atoms with E-state index in [0.29, 0.717) is 61.7 Å². The number of methoxy groups -OCH3 is 3. The monoisotopic (exact) mass is 816 g/mol. The van der Waals surface area contributed by atoms with Crippen LogP contribution in [-0.2, 0) is 46.0 Å². The standard InChI is InChI=1S/C45H54F2N4O8/c1-8-42-14-11-16-51-17-15-43(36(42)51)30-19-31(34(56-5)20-33(30)49(4)37(43)45(55,40(54)58-7)38(42)59-25(2)52)44(39(53)57-6)21-26-18-27(41(3,46)47)23-50(22-26)24-29-28-12-9-10-13-32(28)48-35(29)44/h9-14,19-20,26-27,36-38,48,55H,8,15-18,21-24H2,1-7H3/t26-,27?,36-,37+,38+,42+,43+,44-,45-/m0/s1. The number of carbonyl (C=O) groups is 3. The van der Waals surface area contributed by atoms with Gasteiger partial charge in [-0.25, -0.2) is 13.6 Å². The largest absolute Gasteiger partial charge is 0.496 e. The maximum absolute atomic E-state index is 15.3. The second-order valence-electron chi connectivity index (χ2n) is 18.0. The minimum absolute atomic E-state index is 0.155. The number of hydrogen-bond donors (Lipinski definition) is 2. The summed E-state index contributed by atoms with van der Waals surface area (Å²) in [4.78, 5) is 52.5. The van der Waals surface area contributed by atoms with E-state index >= 15 is 13.6 Å². The van der Waals surface area contributed by atoms with Crippen LogP contribution in [0.3, 0.4) is 0 Å². The van der Waals surface area contributed by atoms with Crippen molar-refractivity contribution in [3.63, 3.8) is 0 Å². The number of rotatable bonds is 7. The molecule has 1 aromatic heterocycles. The van der Waals surface area contributed by atoms with Gasteiger partial charge in [0.1, 0.15) is 11.2 Å². The van der Waals surface area contributed by atoms with Crippen LogP contribution >= 0.6 is 0 Å². The number of nitrogens with zero attached hydrogens (tertiary/aromatic N) is 3. The summed E-state index contributed by atoms with van der Waals surface area (Å²) in [5, 5.41) is 14.2. The van der Waals surface area contributed by atoms with Crippen LogP contribution in [-0.4, -0.2) is 122 Å². The predicted molar refractivity (Wildman–Crippen MR) is 214 cm³/mol. The van der Waals surface area contributed by atoms with E-state index in [2.05, 4.69) is 14.8 Å². The molecule has 1 saturated carbocycles. The van der Waals surface area contributed by atoms with Gasteiger partial charge in [0, 0.05) is 96.9 Å². The van der Waals surface area contributed by atoms with E-state index in [-0.39, 0.29) is 31.3 Å². The Balaban J connectivity index is 1.35. The number of ether oxygens (including phenoxy) is 4. The summed E-state index contributed by atoms with van der Waals surface area (Å²) < 4.78 is 54.3. The molecule has 1 aliphatic carbocycles.